The molecule has 0 bridgehead atoms. The van der Waals surface area contributed by atoms with Gasteiger partial charge in [-0.25, -0.2) is 4.98 Å². The first-order chi connectivity index (χ1) is 12.3. The van der Waals surface area contributed by atoms with Crippen molar-refractivity contribution in [2.24, 2.45) is 5.92 Å². The van der Waals surface area contributed by atoms with E-state index in [2.05, 4.69) is 37.3 Å². The van der Waals surface area contributed by atoms with Gasteiger partial charge < -0.3 is 0 Å². The van der Waals surface area contributed by atoms with Gasteiger partial charge in [0, 0.05) is 16.9 Å². The Morgan fingerprint density at radius 1 is 0.962 bits per heavy atom. The standard InChI is InChI=1S/C22H24N2OS/c1-14(2)21(25)24(19-11-16(4)10-17(5)12-19)22-23-20(13-26-22)18-8-6-15(3)7-9-18/h6-14H,1-5H3. The van der Waals surface area contributed by atoms with Gasteiger partial charge in [-0.15, -0.1) is 11.3 Å². The second kappa shape index (κ2) is 7.42. The van der Waals surface area contributed by atoms with Crippen molar-refractivity contribution in [2.75, 3.05) is 4.90 Å². The van der Waals surface area contributed by atoms with E-state index < -0.39 is 0 Å². The molecule has 0 radical (unpaired) electrons. The fourth-order valence-corrected chi connectivity index (χ4v) is 3.75. The molecule has 0 aliphatic heterocycles. The molecule has 26 heavy (non-hydrogen) atoms. The summed E-state index contributed by atoms with van der Waals surface area (Å²) in [4.78, 5) is 19.5. The molecule has 0 saturated carbocycles. The molecule has 0 N–H and O–H groups in total. The molecule has 0 aliphatic carbocycles. The molecule has 3 aromatic rings. The van der Waals surface area contributed by atoms with Crippen molar-refractivity contribution in [3.63, 3.8) is 0 Å². The number of aryl methyl sites for hydroxylation is 3. The number of hydrogen-bond acceptors (Lipinski definition) is 3. The van der Waals surface area contributed by atoms with Crippen LogP contribution in [-0.4, -0.2) is 10.9 Å². The van der Waals surface area contributed by atoms with Crippen LogP contribution in [0, 0.1) is 26.7 Å². The monoisotopic (exact) mass is 364 g/mol. The van der Waals surface area contributed by atoms with Crippen LogP contribution in [0.25, 0.3) is 11.3 Å². The number of benzene rings is 2. The summed E-state index contributed by atoms with van der Waals surface area (Å²) in [6.07, 6.45) is 0. The summed E-state index contributed by atoms with van der Waals surface area (Å²) in [6, 6.07) is 14.5. The Hall–Kier alpha value is -2.46. The predicted octanol–water partition coefficient (Wildman–Crippen LogP) is 6.06. The highest BCUT2D eigenvalue weighted by atomic mass is 32.1. The lowest BCUT2D eigenvalue weighted by atomic mass is 10.1. The third-order valence-electron chi connectivity index (χ3n) is 4.21. The molecule has 0 unspecified atom stereocenters. The van der Waals surface area contributed by atoms with Crippen LogP contribution in [0.3, 0.4) is 0 Å². The quantitative estimate of drug-likeness (QED) is 0.564. The Bertz CT molecular complexity index is 905. The number of anilines is 2. The maximum absolute atomic E-state index is 12.9. The highest BCUT2D eigenvalue weighted by molar-refractivity contribution is 7.14. The minimum Gasteiger partial charge on any atom is -0.274 e. The molecule has 0 fully saturated rings. The zero-order valence-corrected chi connectivity index (χ0v) is 16.7. The molecule has 0 atom stereocenters. The van der Waals surface area contributed by atoms with E-state index in [9.17, 15) is 4.79 Å². The number of hydrogen-bond donors (Lipinski definition) is 0. The van der Waals surface area contributed by atoms with E-state index in [1.165, 1.54) is 16.9 Å². The van der Waals surface area contributed by atoms with Gasteiger partial charge in [0.25, 0.3) is 0 Å². The summed E-state index contributed by atoms with van der Waals surface area (Å²) in [7, 11) is 0. The highest BCUT2D eigenvalue weighted by Crippen LogP contribution is 2.34. The van der Waals surface area contributed by atoms with Gasteiger partial charge in [-0.1, -0.05) is 49.7 Å². The van der Waals surface area contributed by atoms with Crippen LogP contribution in [0.15, 0.2) is 47.8 Å². The number of rotatable bonds is 4. The van der Waals surface area contributed by atoms with E-state index >= 15 is 0 Å². The van der Waals surface area contributed by atoms with Crippen LogP contribution in [0.2, 0.25) is 0 Å². The van der Waals surface area contributed by atoms with E-state index in [1.54, 1.807) is 4.90 Å². The van der Waals surface area contributed by atoms with Crippen LogP contribution in [0.1, 0.15) is 30.5 Å². The number of nitrogens with zero attached hydrogens (tertiary/aromatic N) is 2. The summed E-state index contributed by atoms with van der Waals surface area (Å²) in [5.74, 6) is -0.0534. The predicted molar refractivity (Wildman–Crippen MR) is 110 cm³/mol. The van der Waals surface area contributed by atoms with Gasteiger partial charge in [-0.05, 0) is 44.0 Å². The fraction of sp³-hybridized carbons (Fsp3) is 0.273. The maximum atomic E-state index is 12.9. The summed E-state index contributed by atoms with van der Waals surface area (Å²) in [6.45, 7) is 10.0. The number of carbonyl (C=O) groups is 1. The van der Waals surface area contributed by atoms with Crippen LogP contribution in [0.5, 0.6) is 0 Å². The van der Waals surface area contributed by atoms with Crippen molar-refractivity contribution in [1.82, 2.24) is 4.98 Å². The maximum Gasteiger partial charge on any atom is 0.235 e. The lowest BCUT2D eigenvalue weighted by molar-refractivity contribution is -0.120. The van der Waals surface area contributed by atoms with Gasteiger partial charge in [-0.3, -0.25) is 9.69 Å². The molecule has 1 amide bonds. The molecule has 0 aliphatic rings. The first-order valence-electron chi connectivity index (χ1n) is 8.80. The van der Waals surface area contributed by atoms with E-state index in [4.69, 9.17) is 4.98 Å². The largest absolute Gasteiger partial charge is 0.274 e. The minimum atomic E-state index is -0.109. The second-order valence-electron chi connectivity index (χ2n) is 7.06. The van der Waals surface area contributed by atoms with Crippen molar-refractivity contribution in [3.8, 4) is 11.3 Å². The first kappa shape index (κ1) is 18.3. The zero-order chi connectivity index (χ0) is 18.8. The minimum absolute atomic E-state index is 0.0554. The highest BCUT2D eigenvalue weighted by Gasteiger charge is 2.24. The average Bonchev–Trinajstić information content (AvgIpc) is 3.04. The van der Waals surface area contributed by atoms with Crippen molar-refractivity contribution in [3.05, 3.63) is 64.5 Å². The molecular formula is C22H24N2OS. The molecule has 0 spiro atoms. The van der Waals surface area contributed by atoms with E-state index in [0.29, 0.717) is 5.13 Å². The van der Waals surface area contributed by atoms with E-state index in [-0.39, 0.29) is 11.8 Å². The fourth-order valence-electron chi connectivity index (χ4n) is 2.89. The van der Waals surface area contributed by atoms with Crippen molar-refractivity contribution in [2.45, 2.75) is 34.6 Å². The zero-order valence-electron chi connectivity index (χ0n) is 15.9. The van der Waals surface area contributed by atoms with Gasteiger partial charge in [-0.2, -0.15) is 0 Å². The van der Waals surface area contributed by atoms with Crippen LogP contribution in [-0.2, 0) is 4.79 Å². The molecular weight excluding hydrogens is 340 g/mol. The third kappa shape index (κ3) is 3.86. The van der Waals surface area contributed by atoms with Gasteiger partial charge >= 0.3 is 0 Å². The second-order valence-corrected chi connectivity index (χ2v) is 7.89. The molecule has 134 valence electrons. The van der Waals surface area contributed by atoms with Crippen molar-refractivity contribution < 1.29 is 4.79 Å². The van der Waals surface area contributed by atoms with Crippen LogP contribution < -0.4 is 4.90 Å². The lowest BCUT2D eigenvalue weighted by Crippen LogP contribution is -2.30. The van der Waals surface area contributed by atoms with Gasteiger partial charge in [0.15, 0.2) is 5.13 Å². The van der Waals surface area contributed by atoms with E-state index in [1.807, 2.05) is 45.2 Å². The Morgan fingerprint density at radius 3 is 2.15 bits per heavy atom. The lowest BCUT2D eigenvalue weighted by Gasteiger charge is -2.23. The molecule has 1 aromatic heterocycles. The number of amides is 1. The molecule has 0 saturated heterocycles. The number of aromatic nitrogens is 1. The average molecular weight is 365 g/mol. The SMILES string of the molecule is Cc1ccc(-c2csc(N(C(=O)C(C)C)c3cc(C)cc(C)c3)n2)cc1. The summed E-state index contributed by atoms with van der Waals surface area (Å²) >= 11 is 1.50. The molecule has 3 rings (SSSR count). The van der Waals surface area contributed by atoms with Gasteiger partial charge in [0.2, 0.25) is 5.91 Å². The van der Waals surface area contributed by atoms with Crippen LogP contribution in [0.4, 0.5) is 10.8 Å². The Morgan fingerprint density at radius 2 is 1.58 bits per heavy atom. The molecule has 2 aromatic carbocycles. The van der Waals surface area contributed by atoms with Crippen molar-refractivity contribution >= 4 is 28.1 Å². The molecule has 3 nitrogen and oxygen atoms in total. The van der Waals surface area contributed by atoms with Crippen molar-refractivity contribution in [1.29, 1.82) is 0 Å². The summed E-state index contributed by atoms with van der Waals surface area (Å²) in [5.41, 5.74) is 6.34. The Balaban J connectivity index is 2.05. The number of thiazole rings is 1. The Labute approximate surface area is 159 Å². The third-order valence-corrected chi connectivity index (χ3v) is 5.04. The van der Waals surface area contributed by atoms with Crippen LogP contribution >= 0.6 is 11.3 Å². The smallest absolute Gasteiger partial charge is 0.235 e. The summed E-state index contributed by atoms with van der Waals surface area (Å²) < 4.78 is 0. The topological polar surface area (TPSA) is 33.2 Å². The summed E-state index contributed by atoms with van der Waals surface area (Å²) in [5, 5.41) is 2.73. The first-order valence-corrected chi connectivity index (χ1v) is 9.68. The Kier molecular flexibility index (Phi) is 5.23. The van der Waals surface area contributed by atoms with E-state index in [0.717, 1.165) is 28.1 Å². The van der Waals surface area contributed by atoms with Gasteiger partial charge in [0.05, 0.1) is 11.4 Å². The number of carbonyl (C=O) groups excluding carboxylic acids is 1. The molecule has 4 heteroatoms. The normalized spacial score (nSPS) is 11.0. The van der Waals surface area contributed by atoms with Gasteiger partial charge in [0.1, 0.15) is 0 Å². The molecule has 1 heterocycles.